The van der Waals surface area contributed by atoms with E-state index in [2.05, 4.69) is 0 Å². The van der Waals surface area contributed by atoms with Gasteiger partial charge in [-0.1, -0.05) is 54.1 Å². The highest BCUT2D eigenvalue weighted by Gasteiger charge is 2.10. The molecule has 3 N–H and O–H groups in total. The lowest BCUT2D eigenvalue weighted by atomic mass is 10.0. The van der Waals surface area contributed by atoms with Crippen molar-refractivity contribution in [2.45, 2.75) is 12.6 Å². The summed E-state index contributed by atoms with van der Waals surface area (Å²) in [6, 6.07) is 23.8. The zero-order chi connectivity index (χ0) is 19.8. The van der Waals surface area contributed by atoms with Crippen LogP contribution in [-0.4, -0.2) is 30.1 Å². The van der Waals surface area contributed by atoms with Crippen molar-refractivity contribution in [1.82, 2.24) is 0 Å². The van der Waals surface area contributed by atoms with Crippen LogP contribution < -0.4 is 10.1 Å². The second-order valence-corrected chi connectivity index (χ2v) is 6.98. The van der Waals surface area contributed by atoms with E-state index in [1.165, 1.54) is 0 Å². The molecule has 0 amide bonds. The van der Waals surface area contributed by atoms with Crippen LogP contribution in [0.25, 0.3) is 0 Å². The molecule has 144 valence electrons. The SMILES string of the molecule is O=C(c1ccccc1)c1ccc(OC[C@H](O)C[NH2+]Cc2cccc(Cl)c2)cc1. The highest BCUT2D eigenvalue weighted by molar-refractivity contribution is 6.30. The monoisotopic (exact) mass is 396 g/mol. The molecule has 0 spiro atoms. The minimum Gasteiger partial charge on any atom is -0.491 e. The van der Waals surface area contributed by atoms with Gasteiger partial charge in [0.1, 0.15) is 31.5 Å². The van der Waals surface area contributed by atoms with Crippen LogP contribution >= 0.6 is 11.6 Å². The Hall–Kier alpha value is -2.66. The fraction of sp³-hybridized carbons (Fsp3) is 0.174. The molecule has 3 aromatic carbocycles. The Kier molecular flexibility index (Phi) is 7.20. The lowest BCUT2D eigenvalue weighted by molar-refractivity contribution is -0.676. The molecule has 0 fully saturated rings. The molecule has 0 aliphatic carbocycles. The molecule has 0 aromatic heterocycles. The number of halogens is 1. The first-order valence-electron chi connectivity index (χ1n) is 9.18. The van der Waals surface area contributed by atoms with E-state index in [-0.39, 0.29) is 12.4 Å². The van der Waals surface area contributed by atoms with Crippen LogP contribution in [0.3, 0.4) is 0 Å². The van der Waals surface area contributed by atoms with Crippen LogP contribution in [-0.2, 0) is 6.54 Å². The number of ketones is 1. The molecule has 3 rings (SSSR count). The van der Waals surface area contributed by atoms with Crippen molar-refractivity contribution < 1.29 is 20.0 Å². The molecule has 28 heavy (non-hydrogen) atoms. The number of benzene rings is 3. The van der Waals surface area contributed by atoms with Crippen LogP contribution in [0, 0.1) is 0 Å². The third kappa shape index (κ3) is 5.92. The zero-order valence-electron chi connectivity index (χ0n) is 15.4. The van der Waals surface area contributed by atoms with E-state index in [0.29, 0.717) is 28.4 Å². The number of carbonyl (C=O) groups is 1. The molecule has 0 radical (unpaired) electrons. The Morgan fingerprint density at radius 1 is 0.964 bits per heavy atom. The summed E-state index contributed by atoms with van der Waals surface area (Å²) in [5.74, 6) is 0.598. The molecule has 5 heteroatoms. The lowest BCUT2D eigenvalue weighted by Crippen LogP contribution is -2.85. The summed E-state index contributed by atoms with van der Waals surface area (Å²) < 4.78 is 5.63. The maximum Gasteiger partial charge on any atom is 0.193 e. The van der Waals surface area contributed by atoms with Crippen molar-refractivity contribution in [1.29, 1.82) is 0 Å². The maximum absolute atomic E-state index is 12.4. The van der Waals surface area contributed by atoms with E-state index in [1.54, 1.807) is 36.4 Å². The van der Waals surface area contributed by atoms with Gasteiger partial charge in [-0.15, -0.1) is 0 Å². The number of carbonyl (C=O) groups excluding carboxylic acids is 1. The van der Waals surface area contributed by atoms with Gasteiger partial charge >= 0.3 is 0 Å². The van der Waals surface area contributed by atoms with Crippen molar-refractivity contribution in [2.24, 2.45) is 0 Å². The Morgan fingerprint density at radius 3 is 2.39 bits per heavy atom. The largest absolute Gasteiger partial charge is 0.491 e. The van der Waals surface area contributed by atoms with Crippen LogP contribution in [0.2, 0.25) is 5.02 Å². The lowest BCUT2D eigenvalue weighted by Gasteiger charge is -2.12. The number of aliphatic hydroxyl groups excluding tert-OH is 1. The average Bonchev–Trinajstić information content (AvgIpc) is 2.73. The van der Waals surface area contributed by atoms with Crippen LogP contribution in [0.1, 0.15) is 21.5 Å². The van der Waals surface area contributed by atoms with Crippen molar-refractivity contribution >= 4 is 17.4 Å². The number of hydrogen-bond acceptors (Lipinski definition) is 3. The van der Waals surface area contributed by atoms with E-state index in [4.69, 9.17) is 16.3 Å². The molecule has 4 nitrogen and oxygen atoms in total. The highest BCUT2D eigenvalue weighted by Crippen LogP contribution is 2.15. The Bertz CT molecular complexity index is 897. The predicted octanol–water partition coefficient (Wildman–Crippen LogP) is 3.07. The number of quaternary nitrogens is 1. The van der Waals surface area contributed by atoms with Gasteiger partial charge in [-0.25, -0.2) is 0 Å². The second-order valence-electron chi connectivity index (χ2n) is 6.54. The molecule has 0 saturated heterocycles. The van der Waals surface area contributed by atoms with Gasteiger partial charge in [0.25, 0.3) is 0 Å². The molecular formula is C23H23ClNO3+. The normalized spacial score (nSPS) is 11.8. The molecule has 1 atom stereocenters. The van der Waals surface area contributed by atoms with Crippen molar-refractivity contribution in [3.05, 3.63) is 101 Å². The number of ether oxygens (including phenoxy) is 1. The van der Waals surface area contributed by atoms with Gasteiger partial charge in [0.15, 0.2) is 5.78 Å². The summed E-state index contributed by atoms with van der Waals surface area (Å²) in [7, 11) is 0. The fourth-order valence-corrected chi connectivity index (χ4v) is 3.04. The van der Waals surface area contributed by atoms with Gasteiger partial charge in [-0.3, -0.25) is 4.79 Å². The van der Waals surface area contributed by atoms with E-state index in [1.807, 2.05) is 47.8 Å². The molecular weight excluding hydrogens is 374 g/mol. The molecule has 0 saturated carbocycles. The van der Waals surface area contributed by atoms with E-state index in [9.17, 15) is 9.90 Å². The highest BCUT2D eigenvalue weighted by atomic mass is 35.5. The van der Waals surface area contributed by atoms with Gasteiger partial charge in [-0.2, -0.15) is 0 Å². The van der Waals surface area contributed by atoms with Gasteiger partial charge in [0.2, 0.25) is 0 Å². The Morgan fingerprint density at radius 2 is 1.68 bits per heavy atom. The predicted molar refractivity (Wildman–Crippen MR) is 110 cm³/mol. The standard InChI is InChI=1S/C23H22ClNO3/c24-20-8-4-5-17(13-20)14-25-15-21(26)16-28-22-11-9-19(10-12-22)23(27)18-6-2-1-3-7-18/h1-13,21,25-26H,14-16H2/p+1/t21-/m1/s1. The second kappa shape index (κ2) is 10.0. The van der Waals surface area contributed by atoms with Crippen molar-refractivity contribution in [3.63, 3.8) is 0 Å². The van der Waals surface area contributed by atoms with E-state index < -0.39 is 6.10 Å². The zero-order valence-corrected chi connectivity index (χ0v) is 16.2. The summed E-state index contributed by atoms with van der Waals surface area (Å²) in [6.07, 6.45) is -0.593. The Labute approximate surface area is 169 Å². The summed E-state index contributed by atoms with van der Waals surface area (Å²) in [6.45, 7) is 1.46. The van der Waals surface area contributed by atoms with Crippen LogP contribution in [0.15, 0.2) is 78.9 Å². The molecule has 0 aliphatic rings. The van der Waals surface area contributed by atoms with Gasteiger partial charge < -0.3 is 15.2 Å². The molecule has 0 bridgehead atoms. The summed E-state index contributed by atoms with van der Waals surface area (Å²) in [5, 5.41) is 12.8. The van der Waals surface area contributed by atoms with Gasteiger partial charge in [-0.05, 0) is 36.4 Å². The number of hydrogen-bond donors (Lipinski definition) is 2. The molecule has 3 aromatic rings. The summed E-state index contributed by atoms with van der Waals surface area (Å²) in [4.78, 5) is 12.4. The van der Waals surface area contributed by atoms with Crippen LogP contribution in [0.4, 0.5) is 0 Å². The molecule has 0 unspecified atom stereocenters. The van der Waals surface area contributed by atoms with Crippen LogP contribution in [0.5, 0.6) is 5.75 Å². The Balaban J connectivity index is 1.43. The third-order valence-electron chi connectivity index (χ3n) is 4.30. The molecule has 0 aliphatic heterocycles. The van der Waals surface area contributed by atoms with E-state index >= 15 is 0 Å². The number of rotatable bonds is 9. The smallest absolute Gasteiger partial charge is 0.193 e. The average molecular weight is 397 g/mol. The number of nitrogens with two attached hydrogens (primary N) is 1. The first-order chi connectivity index (χ1) is 13.6. The third-order valence-corrected chi connectivity index (χ3v) is 4.54. The first-order valence-corrected chi connectivity index (χ1v) is 9.56. The maximum atomic E-state index is 12.4. The topological polar surface area (TPSA) is 63.1 Å². The minimum atomic E-state index is -0.593. The van der Waals surface area contributed by atoms with Crippen molar-refractivity contribution in [2.75, 3.05) is 13.2 Å². The fourth-order valence-electron chi connectivity index (χ4n) is 2.83. The molecule has 0 heterocycles. The quantitative estimate of drug-likeness (QED) is 0.546. The first kappa shape index (κ1) is 20.1. The summed E-state index contributed by atoms with van der Waals surface area (Å²) >= 11 is 5.96. The van der Waals surface area contributed by atoms with Gasteiger partial charge in [0.05, 0.1) is 0 Å². The number of aliphatic hydroxyl groups is 1. The summed E-state index contributed by atoms with van der Waals surface area (Å²) in [5.41, 5.74) is 2.37. The van der Waals surface area contributed by atoms with E-state index in [0.717, 1.165) is 12.1 Å². The van der Waals surface area contributed by atoms with Gasteiger partial charge in [0, 0.05) is 21.7 Å². The van der Waals surface area contributed by atoms with Crippen molar-refractivity contribution in [3.8, 4) is 5.75 Å². The minimum absolute atomic E-state index is 0.0252.